The van der Waals surface area contributed by atoms with Crippen molar-refractivity contribution < 1.29 is 13.2 Å². The Hall–Kier alpha value is -3.04. The van der Waals surface area contributed by atoms with Gasteiger partial charge in [0.15, 0.2) is 0 Å². The molecular formula is C32H40N4O3S. The molecule has 0 unspecified atom stereocenters. The van der Waals surface area contributed by atoms with E-state index >= 15 is 0 Å². The van der Waals surface area contributed by atoms with Gasteiger partial charge in [-0.3, -0.25) is 14.6 Å². The summed E-state index contributed by atoms with van der Waals surface area (Å²) in [4.78, 5) is 17.8. The molecule has 0 aliphatic carbocycles. The molecule has 2 saturated heterocycles. The topological polar surface area (TPSA) is 73.0 Å². The molecule has 212 valence electrons. The van der Waals surface area contributed by atoms with Gasteiger partial charge in [-0.2, -0.15) is 4.31 Å². The van der Waals surface area contributed by atoms with Gasteiger partial charge in [0.25, 0.3) is 5.91 Å². The number of benzene rings is 3. The van der Waals surface area contributed by atoms with Gasteiger partial charge in [0.1, 0.15) is 0 Å². The van der Waals surface area contributed by atoms with Crippen molar-refractivity contribution in [1.29, 1.82) is 0 Å². The van der Waals surface area contributed by atoms with Crippen LogP contribution in [0.1, 0.15) is 51.9 Å². The van der Waals surface area contributed by atoms with Crippen LogP contribution in [-0.2, 0) is 29.7 Å². The zero-order valence-corrected chi connectivity index (χ0v) is 24.2. The van der Waals surface area contributed by atoms with Crippen LogP contribution in [0.25, 0.3) is 0 Å². The van der Waals surface area contributed by atoms with Crippen molar-refractivity contribution in [3.8, 4) is 0 Å². The highest BCUT2D eigenvalue weighted by atomic mass is 32.2. The molecule has 2 fully saturated rings. The van der Waals surface area contributed by atoms with Crippen LogP contribution in [0.5, 0.6) is 0 Å². The highest BCUT2D eigenvalue weighted by molar-refractivity contribution is 7.89. The monoisotopic (exact) mass is 560 g/mol. The first-order valence-corrected chi connectivity index (χ1v) is 15.8. The van der Waals surface area contributed by atoms with E-state index < -0.39 is 10.0 Å². The summed E-state index contributed by atoms with van der Waals surface area (Å²) < 4.78 is 27.5. The highest BCUT2D eigenvalue weighted by Gasteiger charge is 2.28. The van der Waals surface area contributed by atoms with Gasteiger partial charge in [0.05, 0.1) is 4.90 Å². The fraction of sp³-hybridized carbons (Fsp3) is 0.406. The Labute approximate surface area is 238 Å². The molecule has 7 nitrogen and oxygen atoms in total. The van der Waals surface area contributed by atoms with Gasteiger partial charge < -0.3 is 5.32 Å². The standard InChI is InChI=1S/C32H40N4O3S/c1-26-5-15-31(16-6-26)40(38,39)36-21-19-35(20-22-36)25-29-11-13-30(14-12-29)32(37)33-23-27-7-9-28(10-8-27)24-34-17-3-2-4-18-34/h5-16H,2-4,17-25H2,1H3,(H,33,37). The normalized spacial score (nSPS) is 17.5. The minimum atomic E-state index is -3.46. The second-order valence-electron chi connectivity index (χ2n) is 11.0. The SMILES string of the molecule is Cc1ccc(S(=O)(=O)N2CCN(Cc3ccc(C(=O)NCc4ccc(CN5CCCCC5)cc4)cc3)CC2)cc1. The third-order valence-electron chi connectivity index (χ3n) is 7.94. The Morgan fingerprint density at radius 3 is 1.80 bits per heavy atom. The molecule has 2 aliphatic rings. The number of piperidine rings is 1. The summed E-state index contributed by atoms with van der Waals surface area (Å²) in [6.45, 7) is 8.83. The summed E-state index contributed by atoms with van der Waals surface area (Å²) >= 11 is 0. The zero-order chi connectivity index (χ0) is 28.0. The molecule has 0 saturated carbocycles. The van der Waals surface area contributed by atoms with Crippen molar-refractivity contribution in [2.45, 2.75) is 50.7 Å². The molecule has 40 heavy (non-hydrogen) atoms. The van der Waals surface area contributed by atoms with Gasteiger partial charge in [-0.05, 0) is 73.8 Å². The Morgan fingerprint density at radius 2 is 1.20 bits per heavy atom. The maximum Gasteiger partial charge on any atom is 0.251 e. The second-order valence-corrected chi connectivity index (χ2v) is 13.0. The Bertz CT molecular complexity index is 1360. The van der Waals surface area contributed by atoms with Crippen molar-refractivity contribution in [2.24, 2.45) is 0 Å². The number of nitrogens with zero attached hydrogens (tertiary/aromatic N) is 3. The molecule has 1 N–H and O–H groups in total. The Balaban J connectivity index is 1.06. The molecule has 5 rings (SSSR count). The van der Waals surface area contributed by atoms with Crippen molar-refractivity contribution in [1.82, 2.24) is 19.4 Å². The summed E-state index contributed by atoms with van der Waals surface area (Å²) in [6.07, 6.45) is 3.94. The number of hydrogen-bond acceptors (Lipinski definition) is 5. The third kappa shape index (κ3) is 7.37. The van der Waals surface area contributed by atoms with Crippen LogP contribution in [0.4, 0.5) is 0 Å². The second kappa shape index (κ2) is 13.1. The maximum atomic E-state index is 13.0. The number of hydrogen-bond donors (Lipinski definition) is 1. The lowest BCUT2D eigenvalue weighted by Gasteiger charge is -2.34. The fourth-order valence-corrected chi connectivity index (χ4v) is 6.85. The molecular weight excluding hydrogens is 520 g/mol. The van der Waals surface area contributed by atoms with E-state index in [9.17, 15) is 13.2 Å². The van der Waals surface area contributed by atoms with E-state index in [0.29, 0.717) is 43.2 Å². The molecule has 3 aromatic rings. The van der Waals surface area contributed by atoms with Gasteiger partial charge in [0, 0.05) is 51.4 Å². The average Bonchev–Trinajstić information content (AvgIpc) is 2.98. The van der Waals surface area contributed by atoms with E-state index in [1.54, 1.807) is 16.4 Å². The minimum absolute atomic E-state index is 0.0844. The Kier molecular flexibility index (Phi) is 9.32. The number of carbonyl (C=O) groups is 1. The predicted molar refractivity (Wildman–Crippen MR) is 158 cm³/mol. The number of sulfonamides is 1. The van der Waals surface area contributed by atoms with Crippen molar-refractivity contribution in [2.75, 3.05) is 39.3 Å². The van der Waals surface area contributed by atoms with Gasteiger partial charge in [-0.25, -0.2) is 8.42 Å². The molecule has 1 amide bonds. The summed E-state index contributed by atoms with van der Waals surface area (Å²) in [5, 5.41) is 3.03. The van der Waals surface area contributed by atoms with E-state index in [4.69, 9.17) is 0 Å². The zero-order valence-electron chi connectivity index (χ0n) is 23.4. The molecule has 3 aromatic carbocycles. The molecule has 0 bridgehead atoms. The number of piperazine rings is 1. The lowest BCUT2D eigenvalue weighted by Crippen LogP contribution is -2.48. The van der Waals surface area contributed by atoms with Crippen LogP contribution < -0.4 is 5.32 Å². The minimum Gasteiger partial charge on any atom is -0.348 e. The number of aryl methyl sites for hydroxylation is 1. The van der Waals surface area contributed by atoms with E-state index in [2.05, 4.69) is 39.4 Å². The summed E-state index contributed by atoms with van der Waals surface area (Å²) in [5.41, 5.74) is 5.20. The Morgan fingerprint density at radius 1 is 0.675 bits per heavy atom. The van der Waals surface area contributed by atoms with Crippen LogP contribution in [0, 0.1) is 6.92 Å². The molecule has 0 atom stereocenters. The molecule has 0 spiro atoms. The number of likely N-dealkylation sites (tertiary alicyclic amines) is 1. The van der Waals surface area contributed by atoms with Crippen LogP contribution in [0.3, 0.4) is 0 Å². The highest BCUT2D eigenvalue weighted by Crippen LogP contribution is 2.19. The first kappa shape index (κ1) is 28.5. The number of amides is 1. The van der Waals surface area contributed by atoms with Crippen LogP contribution in [0.15, 0.2) is 77.7 Å². The fourth-order valence-electron chi connectivity index (χ4n) is 5.43. The molecule has 2 aliphatic heterocycles. The van der Waals surface area contributed by atoms with E-state index in [-0.39, 0.29) is 5.91 Å². The van der Waals surface area contributed by atoms with Gasteiger partial charge >= 0.3 is 0 Å². The number of rotatable bonds is 9. The lowest BCUT2D eigenvalue weighted by molar-refractivity contribution is 0.0951. The number of carbonyl (C=O) groups excluding carboxylic acids is 1. The van der Waals surface area contributed by atoms with Crippen LogP contribution in [0.2, 0.25) is 0 Å². The molecule has 2 heterocycles. The van der Waals surface area contributed by atoms with Crippen molar-refractivity contribution in [3.63, 3.8) is 0 Å². The average molecular weight is 561 g/mol. The van der Waals surface area contributed by atoms with Crippen LogP contribution >= 0.6 is 0 Å². The summed E-state index contributed by atoms with van der Waals surface area (Å²) in [5.74, 6) is -0.0844. The van der Waals surface area contributed by atoms with Crippen molar-refractivity contribution >= 4 is 15.9 Å². The third-order valence-corrected chi connectivity index (χ3v) is 9.86. The lowest BCUT2D eigenvalue weighted by atomic mass is 10.1. The van der Waals surface area contributed by atoms with E-state index in [1.807, 2.05) is 43.3 Å². The van der Waals surface area contributed by atoms with Crippen LogP contribution in [-0.4, -0.2) is 67.7 Å². The first-order chi connectivity index (χ1) is 19.4. The van der Waals surface area contributed by atoms with Crippen molar-refractivity contribution in [3.05, 3.63) is 101 Å². The molecule has 8 heteroatoms. The van der Waals surface area contributed by atoms with E-state index in [1.165, 1.54) is 37.9 Å². The summed E-state index contributed by atoms with van der Waals surface area (Å²) in [6, 6.07) is 23.3. The van der Waals surface area contributed by atoms with Gasteiger partial charge in [0.2, 0.25) is 10.0 Å². The molecule has 0 aromatic heterocycles. The van der Waals surface area contributed by atoms with Gasteiger partial charge in [-0.1, -0.05) is 60.5 Å². The largest absolute Gasteiger partial charge is 0.348 e. The smallest absolute Gasteiger partial charge is 0.251 e. The number of nitrogens with one attached hydrogen (secondary N) is 1. The maximum absolute atomic E-state index is 13.0. The van der Waals surface area contributed by atoms with Gasteiger partial charge in [-0.15, -0.1) is 0 Å². The summed E-state index contributed by atoms with van der Waals surface area (Å²) in [7, 11) is -3.46. The first-order valence-electron chi connectivity index (χ1n) is 14.3. The predicted octanol–water partition coefficient (Wildman–Crippen LogP) is 4.42. The molecule has 0 radical (unpaired) electrons. The quantitative estimate of drug-likeness (QED) is 0.420. The van der Waals surface area contributed by atoms with E-state index in [0.717, 1.165) is 29.8 Å².